The summed E-state index contributed by atoms with van der Waals surface area (Å²) in [5, 5.41) is 0. The van der Waals surface area contributed by atoms with Crippen molar-refractivity contribution in [3.63, 3.8) is 0 Å². The number of hydrogen-bond acceptors (Lipinski definition) is 5. The number of nitrogens with two attached hydrogens (primary N) is 1. The van der Waals surface area contributed by atoms with Crippen molar-refractivity contribution in [3.8, 4) is 5.75 Å². The van der Waals surface area contributed by atoms with Crippen LogP contribution in [0.5, 0.6) is 5.75 Å². The van der Waals surface area contributed by atoms with Crippen LogP contribution in [-0.2, 0) is 9.53 Å². The SMILES string of the molecule is CC1CCN(C(=O)CCOc2cc(C(=O)OC3CCCC3)ccc2N)CC1. The third kappa shape index (κ3) is 5.37. The van der Waals surface area contributed by atoms with Gasteiger partial charge in [-0.2, -0.15) is 0 Å². The van der Waals surface area contributed by atoms with E-state index < -0.39 is 0 Å². The molecule has 1 saturated carbocycles. The van der Waals surface area contributed by atoms with Gasteiger partial charge in [0.25, 0.3) is 0 Å². The first-order valence-electron chi connectivity index (χ1n) is 10.0. The van der Waals surface area contributed by atoms with E-state index in [0.717, 1.165) is 51.6 Å². The zero-order valence-electron chi connectivity index (χ0n) is 16.1. The first kappa shape index (κ1) is 19.5. The lowest BCUT2D eigenvalue weighted by molar-refractivity contribution is -0.133. The molecule has 0 bridgehead atoms. The molecule has 0 atom stereocenters. The highest BCUT2D eigenvalue weighted by atomic mass is 16.5. The number of likely N-dealkylation sites (tertiary alicyclic amines) is 1. The molecule has 0 spiro atoms. The van der Waals surface area contributed by atoms with Gasteiger partial charge in [-0.15, -0.1) is 0 Å². The second-order valence-electron chi connectivity index (χ2n) is 7.73. The van der Waals surface area contributed by atoms with E-state index in [1.54, 1.807) is 18.2 Å². The average molecular weight is 374 g/mol. The van der Waals surface area contributed by atoms with Crippen LogP contribution in [0.25, 0.3) is 0 Å². The van der Waals surface area contributed by atoms with Crippen molar-refractivity contribution in [2.75, 3.05) is 25.4 Å². The van der Waals surface area contributed by atoms with E-state index in [1.165, 1.54) is 0 Å². The molecule has 0 radical (unpaired) electrons. The molecule has 27 heavy (non-hydrogen) atoms. The number of piperidine rings is 1. The quantitative estimate of drug-likeness (QED) is 0.610. The lowest BCUT2D eigenvalue weighted by Gasteiger charge is -2.30. The van der Waals surface area contributed by atoms with Gasteiger partial charge in [0, 0.05) is 13.1 Å². The summed E-state index contributed by atoms with van der Waals surface area (Å²) in [5.41, 5.74) is 6.84. The van der Waals surface area contributed by atoms with Crippen LogP contribution >= 0.6 is 0 Å². The van der Waals surface area contributed by atoms with Crippen LogP contribution in [0.3, 0.4) is 0 Å². The molecule has 1 aromatic rings. The smallest absolute Gasteiger partial charge is 0.338 e. The van der Waals surface area contributed by atoms with Gasteiger partial charge >= 0.3 is 5.97 Å². The van der Waals surface area contributed by atoms with Crippen molar-refractivity contribution in [3.05, 3.63) is 23.8 Å². The van der Waals surface area contributed by atoms with Gasteiger partial charge in [0.2, 0.25) is 5.91 Å². The maximum absolute atomic E-state index is 12.3. The number of rotatable bonds is 6. The molecule has 6 heteroatoms. The molecule has 1 heterocycles. The highest BCUT2D eigenvalue weighted by Crippen LogP contribution is 2.26. The number of hydrogen-bond donors (Lipinski definition) is 1. The molecule has 2 fully saturated rings. The molecular weight excluding hydrogens is 344 g/mol. The van der Waals surface area contributed by atoms with Crippen molar-refractivity contribution >= 4 is 17.6 Å². The first-order chi connectivity index (χ1) is 13.0. The normalized spacial score (nSPS) is 18.5. The minimum Gasteiger partial charge on any atom is -0.491 e. The molecule has 0 unspecified atom stereocenters. The van der Waals surface area contributed by atoms with Crippen molar-refractivity contribution < 1.29 is 19.1 Å². The summed E-state index contributed by atoms with van der Waals surface area (Å²) in [4.78, 5) is 26.5. The van der Waals surface area contributed by atoms with Crippen molar-refractivity contribution in [1.29, 1.82) is 0 Å². The second kappa shape index (κ2) is 9.11. The Bertz CT molecular complexity index is 662. The van der Waals surface area contributed by atoms with Gasteiger partial charge in [-0.05, 0) is 62.6 Å². The van der Waals surface area contributed by atoms with Crippen LogP contribution in [-0.4, -0.2) is 42.6 Å². The molecule has 2 aliphatic rings. The van der Waals surface area contributed by atoms with Crippen molar-refractivity contribution in [2.45, 2.75) is 58.0 Å². The van der Waals surface area contributed by atoms with E-state index in [0.29, 0.717) is 29.3 Å². The largest absolute Gasteiger partial charge is 0.491 e. The molecule has 3 rings (SSSR count). The van der Waals surface area contributed by atoms with Crippen molar-refractivity contribution in [1.82, 2.24) is 4.90 Å². The topological polar surface area (TPSA) is 81.9 Å². The Morgan fingerprint density at radius 3 is 2.56 bits per heavy atom. The monoisotopic (exact) mass is 374 g/mol. The van der Waals surface area contributed by atoms with E-state index in [9.17, 15) is 9.59 Å². The maximum Gasteiger partial charge on any atom is 0.338 e. The summed E-state index contributed by atoms with van der Waals surface area (Å²) in [7, 11) is 0. The molecular formula is C21H30N2O4. The third-order valence-electron chi connectivity index (χ3n) is 5.54. The van der Waals surface area contributed by atoms with Crippen LogP contribution in [0, 0.1) is 5.92 Å². The number of amides is 1. The number of esters is 1. The van der Waals surface area contributed by atoms with E-state index in [-0.39, 0.29) is 24.6 Å². The van der Waals surface area contributed by atoms with Gasteiger partial charge in [-0.1, -0.05) is 6.92 Å². The maximum atomic E-state index is 12.3. The Labute approximate surface area is 161 Å². The van der Waals surface area contributed by atoms with Gasteiger partial charge in [-0.25, -0.2) is 4.79 Å². The highest BCUT2D eigenvalue weighted by Gasteiger charge is 2.22. The third-order valence-corrected chi connectivity index (χ3v) is 5.54. The van der Waals surface area contributed by atoms with Gasteiger partial charge in [-0.3, -0.25) is 4.79 Å². The lowest BCUT2D eigenvalue weighted by atomic mass is 9.99. The summed E-state index contributed by atoms with van der Waals surface area (Å²) in [6, 6.07) is 4.91. The highest BCUT2D eigenvalue weighted by molar-refractivity contribution is 5.90. The Balaban J connectivity index is 1.50. The van der Waals surface area contributed by atoms with E-state index in [2.05, 4.69) is 6.92 Å². The number of carbonyl (C=O) groups is 2. The summed E-state index contributed by atoms with van der Waals surface area (Å²) in [6.45, 7) is 4.11. The van der Waals surface area contributed by atoms with Gasteiger partial charge < -0.3 is 20.1 Å². The summed E-state index contributed by atoms with van der Waals surface area (Å²) < 4.78 is 11.2. The Morgan fingerprint density at radius 1 is 1.15 bits per heavy atom. The minimum absolute atomic E-state index is 0.0179. The standard InChI is InChI=1S/C21H30N2O4/c1-15-8-11-23(12-9-15)20(24)10-13-26-19-14-16(6-7-18(19)22)21(25)27-17-4-2-3-5-17/h6-7,14-15,17H,2-5,8-13,22H2,1H3. The predicted octanol–water partition coefficient (Wildman–Crippen LogP) is 3.40. The van der Waals surface area contributed by atoms with Crippen LogP contribution in [0.1, 0.15) is 62.2 Å². The summed E-state index contributed by atoms with van der Waals surface area (Å²) in [6.07, 6.45) is 6.53. The number of carbonyl (C=O) groups excluding carboxylic acids is 2. The molecule has 1 aliphatic carbocycles. The number of nitrogens with zero attached hydrogens (tertiary/aromatic N) is 1. The molecule has 1 amide bonds. The van der Waals surface area contributed by atoms with Gasteiger partial charge in [0.1, 0.15) is 11.9 Å². The molecule has 148 valence electrons. The Morgan fingerprint density at radius 2 is 1.85 bits per heavy atom. The average Bonchev–Trinajstić information content (AvgIpc) is 3.16. The Kier molecular flexibility index (Phi) is 6.58. The van der Waals surface area contributed by atoms with Crippen LogP contribution in [0.15, 0.2) is 18.2 Å². The molecule has 1 aliphatic heterocycles. The van der Waals surface area contributed by atoms with Crippen LogP contribution in [0.4, 0.5) is 5.69 Å². The molecule has 1 saturated heterocycles. The van der Waals surface area contributed by atoms with E-state index in [4.69, 9.17) is 15.2 Å². The fraction of sp³-hybridized carbons (Fsp3) is 0.619. The molecule has 2 N–H and O–H groups in total. The molecule has 1 aromatic carbocycles. The van der Waals surface area contributed by atoms with Crippen LogP contribution in [0.2, 0.25) is 0 Å². The fourth-order valence-corrected chi connectivity index (χ4v) is 3.68. The fourth-order valence-electron chi connectivity index (χ4n) is 3.68. The zero-order valence-corrected chi connectivity index (χ0v) is 16.1. The Hall–Kier alpha value is -2.24. The summed E-state index contributed by atoms with van der Waals surface area (Å²) in [5.74, 6) is 0.885. The van der Waals surface area contributed by atoms with Gasteiger partial charge in [0.05, 0.1) is 24.3 Å². The van der Waals surface area contributed by atoms with Crippen molar-refractivity contribution in [2.24, 2.45) is 5.92 Å². The predicted molar refractivity (Wildman–Crippen MR) is 104 cm³/mol. The minimum atomic E-state index is -0.342. The molecule has 6 nitrogen and oxygen atoms in total. The lowest BCUT2D eigenvalue weighted by Crippen LogP contribution is -2.38. The first-order valence-corrected chi connectivity index (χ1v) is 10.0. The van der Waals surface area contributed by atoms with E-state index in [1.807, 2.05) is 4.90 Å². The second-order valence-corrected chi connectivity index (χ2v) is 7.73. The number of benzene rings is 1. The van der Waals surface area contributed by atoms with E-state index >= 15 is 0 Å². The summed E-state index contributed by atoms with van der Waals surface area (Å²) >= 11 is 0. The number of anilines is 1. The van der Waals surface area contributed by atoms with Gasteiger partial charge in [0.15, 0.2) is 0 Å². The number of ether oxygens (including phenoxy) is 2. The molecule has 0 aromatic heterocycles. The number of nitrogen functional groups attached to an aromatic ring is 1. The zero-order chi connectivity index (χ0) is 19.2. The van der Waals surface area contributed by atoms with Crippen LogP contribution < -0.4 is 10.5 Å².